The number of anilines is 1. The summed E-state index contributed by atoms with van der Waals surface area (Å²) in [5.74, 6) is 0.429. The summed E-state index contributed by atoms with van der Waals surface area (Å²) >= 11 is 0. The zero-order valence-corrected chi connectivity index (χ0v) is 10.9. The second-order valence-electron chi connectivity index (χ2n) is 4.29. The van der Waals surface area contributed by atoms with Crippen LogP contribution in [0.25, 0.3) is 0 Å². The Morgan fingerprint density at radius 2 is 2.17 bits per heavy atom. The van der Waals surface area contributed by atoms with Gasteiger partial charge in [-0.05, 0) is 12.3 Å². The van der Waals surface area contributed by atoms with Crippen LogP contribution >= 0.6 is 0 Å². The molecule has 0 aliphatic carbocycles. The van der Waals surface area contributed by atoms with Gasteiger partial charge >= 0.3 is 5.97 Å². The van der Waals surface area contributed by atoms with E-state index in [0.29, 0.717) is 18.2 Å². The van der Waals surface area contributed by atoms with E-state index in [1.165, 1.54) is 19.5 Å². The van der Waals surface area contributed by atoms with E-state index in [1.807, 2.05) is 0 Å². The van der Waals surface area contributed by atoms with Crippen molar-refractivity contribution < 1.29 is 14.6 Å². The molecule has 0 bridgehead atoms. The summed E-state index contributed by atoms with van der Waals surface area (Å²) in [7, 11) is 1.30. The Bertz CT molecular complexity index is 379. The molecule has 0 aromatic carbocycles. The molecule has 6 heteroatoms. The van der Waals surface area contributed by atoms with Gasteiger partial charge in [0.1, 0.15) is 5.82 Å². The average molecular weight is 253 g/mol. The molecule has 0 amide bonds. The Morgan fingerprint density at radius 3 is 2.61 bits per heavy atom. The highest BCUT2D eigenvalue weighted by atomic mass is 16.5. The molecule has 100 valence electrons. The molecule has 1 aromatic heterocycles. The highest BCUT2D eigenvalue weighted by Crippen LogP contribution is 2.12. The van der Waals surface area contributed by atoms with Crippen molar-refractivity contribution in [2.45, 2.75) is 26.3 Å². The van der Waals surface area contributed by atoms with Crippen molar-refractivity contribution in [3.63, 3.8) is 0 Å². The number of esters is 1. The number of hydrogen-bond acceptors (Lipinski definition) is 6. The van der Waals surface area contributed by atoms with Gasteiger partial charge in [0.25, 0.3) is 0 Å². The number of aliphatic hydroxyl groups excluding tert-OH is 1. The van der Waals surface area contributed by atoms with Gasteiger partial charge in [0, 0.05) is 12.6 Å². The zero-order chi connectivity index (χ0) is 13.5. The van der Waals surface area contributed by atoms with Crippen LogP contribution in [0, 0.1) is 5.92 Å². The summed E-state index contributed by atoms with van der Waals surface area (Å²) < 4.78 is 4.54. The molecular formula is C12H19N3O3. The van der Waals surface area contributed by atoms with Gasteiger partial charge in [-0.2, -0.15) is 0 Å². The second-order valence-corrected chi connectivity index (χ2v) is 4.29. The van der Waals surface area contributed by atoms with Crippen molar-refractivity contribution in [3.05, 3.63) is 18.1 Å². The van der Waals surface area contributed by atoms with Crippen LogP contribution in [0.5, 0.6) is 0 Å². The molecule has 1 rings (SSSR count). The summed E-state index contributed by atoms with van der Waals surface area (Å²) in [4.78, 5) is 19.2. The molecule has 0 saturated heterocycles. The summed E-state index contributed by atoms with van der Waals surface area (Å²) in [6.07, 6.45) is 3.49. The predicted molar refractivity (Wildman–Crippen MR) is 67.3 cm³/mol. The summed E-state index contributed by atoms with van der Waals surface area (Å²) in [6.45, 7) is 4.23. The molecule has 0 spiro atoms. The van der Waals surface area contributed by atoms with Crippen LogP contribution in [0.1, 0.15) is 30.8 Å². The molecule has 18 heavy (non-hydrogen) atoms. The first-order valence-corrected chi connectivity index (χ1v) is 5.86. The van der Waals surface area contributed by atoms with E-state index in [9.17, 15) is 4.79 Å². The maximum absolute atomic E-state index is 11.2. The molecule has 1 unspecified atom stereocenters. The Labute approximate surface area is 106 Å². The number of methoxy groups -OCH3 is 1. The number of hydrogen-bond donors (Lipinski definition) is 2. The van der Waals surface area contributed by atoms with E-state index in [1.54, 1.807) is 0 Å². The van der Waals surface area contributed by atoms with Crippen LogP contribution in [0.4, 0.5) is 5.82 Å². The molecule has 6 nitrogen and oxygen atoms in total. The number of rotatable bonds is 6. The Morgan fingerprint density at radius 1 is 1.44 bits per heavy atom. The van der Waals surface area contributed by atoms with E-state index in [0.717, 1.165) is 0 Å². The average Bonchev–Trinajstić information content (AvgIpc) is 2.38. The number of carbonyl (C=O) groups excluding carboxylic acids is 1. The SMILES string of the molecule is COC(=O)c1cnc(NC(CCO)C(C)C)cn1. The largest absolute Gasteiger partial charge is 0.464 e. The highest BCUT2D eigenvalue weighted by molar-refractivity contribution is 5.86. The van der Waals surface area contributed by atoms with Gasteiger partial charge < -0.3 is 15.2 Å². The molecule has 1 aromatic rings. The number of nitrogens with zero attached hydrogens (tertiary/aromatic N) is 2. The number of aromatic nitrogens is 2. The molecule has 0 aliphatic rings. The lowest BCUT2D eigenvalue weighted by Crippen LogP contribution is -2.27. The van der Waals surface area contributed by atoms with Gasteiger partial charge in [-0.15, -0.1) is 0 Å². The molecule has 1 heterocycles. The number of carbonyl (C=O) groups is 1. The molecule has 0 radical (unpaired) electrons. The number of nitrogens with one attached hydrogen (secondary N) is 1. The second kappa shape index (κ2) is 6.90. The van der Waals surface area contributed by atoms with Gasteiger partial charge in [-0.3, -0.25) is 0 Å². The standard InChI is InChI=1S/C12H19N3O3/c1-8(2)9(4-5-16)15-11-7-13-10(6-14-11)12(17)18-3/h6-9,16H,4-5H2,1-3H3,(H,14,15). The molecule has 0 fully saturated rings. The van der Waals surface area contributed by atoms with Crippen LogP contribution in [0.2, 0.25) is 0 Å². The monoisotopic (exact) mass is 253 g/mol. The van der Waals surface area contributed by atoms with Crippen molar-refractivity contribution >= 4 is 11.8 Å². The maximum Gasteiger partial charge on any atom is 0.358 e. The molecule has 1 atom stereocenters. The van der Waals surface area contributed by atoms with Crippen molar-refractivity contribution in [2.24, 2.45) is 5.92 Å². The molecular weight excluding hydrogens is 234 g/mol. The van der Waals surface area contributed by atoms with Crippen LogP contribution in [-0.4, -0.2) is 40.8 Å². The fourth-order valence-electron chi connectivity index (χ4n) is 1.51. The van der Waals surface area contributed by atoms with Crippen molar-refractivity contribution in [3.8, 4) is 0 Å². The van der Waals surface area contributed by atoms with Crippen molar-refractivity contribution in [1.29, 1.82) is 0 Å². The number of ether oxygens (including phenoxy) is 1. The summed E-state index contributed by atoms with van der Waals surface area (Å²) in [6, 6.07) is 0.119. The Kier molecular flexibility index (Phi) is 5.51. The van der Waals surface area contributed by atoms with Crippen molar-refractivity contribution in [1.82, 2.24) is 9.97 Å². The lowest BCUT2D eigenvalue weighted by atomic mass is 10.0. The molecule has 0 aliphatic heterocycles. The highest BCUT2D eigenvalue weighted by Gasteiger charge is 2.14. The van der Waals surface area contributed by atoms with E-state index in [-0.39, 0.29) is 18.3 Å². The van der Waals surface area contributed by atoms with Gasteiger partial charge in [0.15, 0.2) is 5.69 Å². The lowest BCUT2D eigenvalue weighted by molar-refractivity contribution is 0.0593. The van der Waals surface area contributed by atoms with E-state index in [4.69, 9.17) is 5.11 Å². The Balaban J connectivity index is 2.70. The van der Waals surface area contributed by atoms with Gasteiger partial charge in [0.2, 0.25) is 0 Å². The van der Waals surface area contributed by atoms with Crippen LogP contribution < -0.4 is 5.32 Å². The van der Waals surface area contributed by atoms with E-state index >= 15 is 0 Å². The third-order valence-corrected chi connectivity index (χ3v) is 2.62. The predicted octanol–water partition coefficient (Wildman–Crippen LogP) is 1.08. The first kappa shape index (κ1) is 14.4. The van der Waals surface area contributed by atoms with Crippen LogP contribution in [0.15, 0.2) is 12.4 Å². The number of aliphatic hydroxyl groups is 1. The molecule has 2 N–H and O–H groups in total. The topological polar surface area (TPSA) is 84.3 Å². The first-order chi connectivity index (χ1) is 8.58. The zero-order valence-electron chi connectivity index (χ0n) is 10.9. The normalized spacial score (nSPS) is 12.3. The minimum atomic E-state index is -0.509. The summed E-state index contributed by atoms with van der Waals surface area (Å²) in [5.41, 5.74) is 0.173. The smallest absolute Gasteiger partial charge is 0.358 e. The fraction of sp³-hybridized carbons (Fsp3) is 0.583. The Hall–Kier alpha value is -1.69. The fourth-order valence-corrected chi connectivity index (χ4v) is 1.51. The minimum absolute atomic E-state index is 0.115. The van der Waals surface area contributed by atoms with Gasteiger partial charge in [-0.25, -0.2) is 14.8 Å². The third kappa shape index (κ3) is 3.96. The lowest BCUT2D eigenvalue weighted by Gasteiger charge is -2.21. The van der Waals surface area contributed by atoms with Gasteiger partial charge in [-0.1, -0.05) is 13.8 Å². The maximum atomic E-state index is 11.2. The van der Waals surface area contributed by atoms with E-state index < -0.39 is 5.97 Å². The van der Waals surface area contributed by atoms with Crippen molar-refractivity contribution in [2.75, 3.05) is 19.0 Å². The summed E-state index contributed by atoms with van der Waals surface area (Å²) in [5, 5.41) is 12.2. The minimum Gasteiger partial charge on any atom is -0.464 e. The van der Waals surface area contributed by atoms with Crippen LogP contribution in [-0.2, 0) is 4.74 Å². The quantitative estimate of drug-likeness (QED) is 0.738. The first-order valence-electron chi connectivity index (χ1n) is 5.86. The third-order valence-electron chi connectivity index (χ3n) is 2.62. The van der Waals surface area contributed by atoms with Crippen LogP contribution in [0.3, 0.4) is 0 Å². The van der Waals surface area contributed by atoms with E-state index in [2.05, 4.69) is 33.9 Å². The molecule has 0 saturated carbocycles. The van der Waals surface area contributed by atoms with Gasteiger partial charge in [0.05, 0.1) is 19.5 Å².